The molecule has 1 aromatic heterocycles. The van der Waals surface area contributed by atoms with Crippen molar-refractivity contribution in [2.45, 2.75) is 45.6 Å². The van der Waals surface area contributed by atoms with E-state index in [-0.39, 0.29) is 11.9 Å². The highest BCUT2D eigenvalue weighted by Gasteiger charge is 2.22. The first-order valence-electron chi connectivity index (χ1n) is 10.5. The monoisotopic (exact) mass is 383 g/mol. The number of hydrogen-bond donors (Lipinski definition) is 1. The maximum Gasteiger partial charge on any atom is 0.247 e. The van der Waals surface area contributed by atoms with Gasteiger partial charge >= 0.3 is 0 Å². The lowest BCUT2D eigenvalue weighted by Gasteiger charge is -2.26. The van der Waals surface area contributed by atoms with Crippen molar-refractivity contribution in [1.82, 2.24) is 9.47 Å². The van der Waals surface area contributed by atoms with E-state index in [2.05, 4.69) is 24.1 Å². The second kappa shape index (κ2) is 10.3. The molecule has 1 saturated heterocycles. The number of rotatable bonds is 9. The van der Waals surface area contributed by atoms with Crippen LogP contribution in [0, 0.1) is 5.92 Å². The summed E-state index contributed by atoms with van der Waals surface area (Å²) in [7, 11) is 0. The molecule has 0 saturated carbocycles. The van der Waals surface area contributed by atoms with Gasteiger partial charge in [0.05, 0.1) is 5.69 Å². The van der Waals surface area contributed by atoms with Gasteiger partial charge in [-0.05, 0) is 62.5 Å². The van der Waals surface area contributed by atoms with Gasteiger partial charge in [-0.15, -0.1) is 0 Å². The fourth-order valence-electron chi connectivity index (χ4n) is 3.75. The normalized spacial score (nSPS) is 16.1. The lowest BCUT2D eigenvalue weighted by Crippen LogP contribution is -2.33. The highest BCUT2D eigenvalue weighted by molar-refractivity contribution is 5.95. The Morgan fingerprint density at radius 1 is 1.07 bits per heavy atom. The molecule has 1 atom stereocenters. The van der Waals surface area contributed by atoms with Gasteiger partial charge in [0.2, 0.25) is 5.91 Å². The maximum atomic E-state index is 13.0. The minimum Gasteiger partial charge on any atom is -0.490 e. The molecule has 28 heavy (non-hydrogen) atoms. The van der Waals surface area contributed by atoms with Gasteiger partial charge in [-0.1, -0.05) is 32.4 Å². The highest BCUT2D eigenvalue weighted by atomic mass is 16.5. The first-order chi connectivity index (χ1) is 13.6. The van der Waals surface area contributed by atoms with Crippen LogP contribution in [0.4, 0.5) is 5.69 Å². The number of anilines is 1. The number of nitrogens with zero attached hydrogens (tertiary/aromatic N) is 2. The lowest BCUT2D eigenvalue weighted by atomic mass is 10.0. The van der Waals surface area contributed by atoms with Crippen LogP contribution < -0.4 is 10.1 Å². The van der Waals surface area contributed by atoms with E-state index in [0.717, 1.165) is 37.5 Å². The molecule has 0 spiro atoms. The predicted octanol–water partition coefficient (Wildman–Crippen LogP) is 4.58. The molecule has 1 fully saturated rings. The summed E-state index contributed by atoms with van der Waals surface area (Å²) in [4.78, 5) is 15.5. The summed E-state index contributed by atoms with van der Waals surface area (Å²) in [5.41, 5.74) is 0.743. The minimum absolute atomic E-state index is 0.00280. The van der Waals surface area contributed by atoms with E-state index in [0.29, 0.717) is 12.5 Å². The van der Waals surface area contributed by atoms with Gasteiger partial charge in [0.1, 0.15) is 18.4 Å². The fraction of sp³-hybridized carbons (Fsp3) is 0.522. The van der Waals surface area contributed by atoms with Crippen LogP contribution in [0.5, 0.6) is 5.75 Å². The average Bonchev–Trinajstić information content (AvgIpc) is 3.22. The molecule has 2 heterocycles. The van der Waals surface area contributed by atoms with Crippen molar-refractivity contribution in [2.75, 3.05) is 31.6 Å². The van der Waals surface area contributed by atoms with Crippen molar-refractivity contribution in [3.05, 3.63) is 48.8 Å². The van der Waals surface area contributed by atoms with E-state index in [9.17, 15) is 4.79 Å². The van der Waals surface area contributed by atoms with Crippen LogP contribution in [0.25, 0.3) is 0 Å². The third kappa shape index (κ3) is 5.86. The lowest BCUT2D eigenvalue weighted by molar-refractivity contribution is -0.119. The molecule has 2 aromatic rings. The quantitative estimate of drug-likeness (QED) is 0.689. The van der Waals surface area contributed by atoms with E-state index in [1.165, 1.54) is 19.3 Å². The Bertz CT molecular complexity index is 721. The molecule has 3 rings (SSSR count). The van der Waals surface area contributed by atoms with E-state index in [1.54, 1.807) is 0 Å². The summed E-state index contributed by atoms with van der Waals surface area (Å²) in [6.45, 7) is 8.18. The summed E-state index contributed by atoms with van der Waals surface area (Å²) in [5, 5.41) is 3.09. The van der Waals surface area contributed by atoms with Gasteiger partial charge in [-0.25, -0.2) is 0 Å². The van der Waals surface area contributed by atoms with Crippen LogP contribution in [-0.4, -0.2) is 41.6 Å². The number of hydrogen-bond acceptors (Lipinski definition) is 3. The SMILES string of the molecule is CC(C)C[C@H](C(=O)Nc1ccccc1OCCN1CCCCC1)n1cccc1. The van der Waals surface area contributed by atoms with E-state index in [4.69, 9.17) is 4.74 Å². The van der Waals surface area contributed by atoms with Crippen LogP contribution in [0.2, 0.25) is 0 Å². The zero-order valence-corrected chi connectivity index (χ0v) is 17.1. The number of para-hydroxylation sites is 2. The van der Waals surface area contributed by atoms with Crippen molar-refractivity contribution >= 4 is 11.6 Å². The molecular formula is C23H33N3O2. The molecule has 1 aliphatic rings. The highest BCUT2D eigenvalue weighted by Crippen LogP contribution is 2.26. The van der Waals surface area contributed by atoms with Crippen LogP contribution in [-0.2, 0) is 4.79 Å². The van der Waals surface area contributed by atoms with Crippen LogP contribution >= 0.6 is 0 Å². The predicted molar refractivity (Wildman–Crippen MR) is 114 cm³/mol. The van der Waals surface area contributed by atoms with Gasteiger partial charge in [0.25, 0.3) is 0 Å². The summed E-state index contributed by atoms with van der Waals surface area (Å²) in [5.74, 6) is 1.16. The Morgan fingerprint density at radius 3 is 2.50 bits per heavy atom. The standard InChI is InChI=1S/C23H33N3O2/c1-19(2)18-21(26-14-8-9-15-26)23(27)24-20-10-4-5-11-22(20)28-17-16-25-12-6-3-7-13-25/h4-5,8-11,14-15,19,21H,3,6-7,12-13,16-18H2,1-2H3,(H,24,27)/t21-/m1/s1. The Balaban J connectivity index is 1.61. The van der Waals surface area contributed by atoms with Gasteiger partial charge in [0, 0.05) is 18.9 Å². The average molecular weight is 384 g/mol. The minimum atomic E-state index is -0.226. The first-order valence-corrected chi connectivity index (χ1v) is 10.5. The zero-order valence-electron chi connectivity index (χ0n) is 17.1. The number of amides is 1. The molecule has 0 aliphatic carbocycles. The zero-order chi connectivity index (χ0) is 19.8. The molecule has 0 bridgehead atoms. The third-order valence-corrected chi connectivity index (χ3v) is 5.24. The van der Waals surface area contributed by atoms with Crippen molar-refractivity contribution in [1.29, 1.82) is 0 Å². The number of aromatic nitrogens is 1. The van der Waals surface area contributed by atoms with Crippen molar-refractivity contribution < 1.29 is 9.53 Å². The number of benzene rings is 1. The van der Waals surface area contributed by atoms with Gasteiger partial charge < -0.3 is 14.6 Å². The topological polar surface area (TPSA) is 46.5 Å². The molecule has 0 unspecified atom stereocenters. The van der Waals surface area contributed by atoms with Gasteiger partial charge in [0.15, 0.2) is 0 Å². The molecule has 5 nitrogen and oxygen atoms in total. The van der Waals surface area contributed by atoms with Crippen LogP contribution in [0.1, 0.15) is 45.6 Å². The molecule has 0 radical (unpaired) electrons. The molecule has 1 aliphatic heterocycles. The number of carbonyl (C=O) groups excluding carboxylic acids is 1. The number of nitrogens with one attached hydrogen (secondary N) is 1. The van der Waals surface area contributed by atoms with E-state index < -0.39 is 0 Å². The van der Waals surface area contributed by atoms with Crippen LogP contribution in [0.3, 0.4) is 0 Å². The van der Waals surface area contributed by atoms with Gasteiger partial charge in [-0.2, -0.15) is 0 Å². The number of carbonyl (C=O) groups is 1. The number of ether oxygens (including phenoxy) is 1. The van der Waals surface area contributed by atoms with E-state index >= 15 is 0 Å². The summed E-state index contributed by atoms with van der Waals surface area (Å²) in [6, 6.07) is 11.4. The Kier molecular flexibility index (Phi) is 7.54. The molecular weight excluding hydrogens is 350 g/mol. The Morgan fingerprint density at radius 2 is 1.79 bits per heavy atom. The van der Waals surface area contributed by atoms with Gasteiger partial charge in [-0.3, -0.25) is 9.69 Å². The molecule has 152 valence electrons. The number of likely N-dealkylation sites (tertiary alicyclic amines) is 1. The Hall–Kier alpha value is -2.27. The maximum absolute atomic E-state index is 13.0. The third-order valence-electron chi connectivity index (χ3n) is 5.24. The van der Waals surface area contributed by atoms with E-state index in [1.807, 2.05) is 53.4 Å². The molecule has 5 heteroatoms. The molecule has 1 N–H and O–H groups in total. The summed E-state index contributed by atoms with van der Waals surface area (Å²) >= 11 is 0. The second-order valence-electron chi connectivity index (χ2n) is 8.01. The summed E-state index contributed by atoms with van der Waals surface area (Å²) in [6.07, 6.45) is 8.59. The van der Waals surface area contributed by atoms with Crippen LogP contribution in [0.15, 0.2) is 48.8 Å². The van der Waals surface area contributed by atoms with Crippen molar-refractivity contribution in [2.24, 2.45) is 5.92 Å². The van der Waals surface area contributed by atoms with Crippen molar-refractivity contribution in [3.8, 4) is 5.75 Å². The summed E-state index contributed by atoms with van der Waals surface area (Å²) < 4.78 is 8.01. The molecule has 1 aromatic carbocycles. The first kappa shape index (κ1) is 20.5. The second-order valence-corrected chi connectivity index (χ2v) is 8.01. The fourth-order valence-corrected chi connectivity index (χ4v) is 3.75. The number of piperidine rings is 1. The van der Waals surface area contributed by atoms with Crippen molar-refractivity contribution in [3.63, 3.8) is 0 Å². The molecule has 1 amide bonds. The smallest absolute Gasteiger partial charge is 0.247 e. The Labute approximate surface area is 168 Å². The largest absolute Gasteiger partial charge is 0.490 e.